The molecule has 1 fully saturated rings. The van der Waals surface area contributed by atoms with Gasteiger partial charge in [-0.3, -0.25) is 10.1 Å². The Morgan fingerprint density at radius 2 is 2.37 bits per heavy atom. The molecule has 7 nitrogen and oxygen atoms in total. The van der Waals surface area contributed by atoms with Crippen molar-refractivity contribution in [1.82, 2.24) is 9.97 Å². The summed E-state index contributed by atoms with van der Waals surface area (Å²) in [6, 6.07) is 0. The third-order valence-corrected chi connectivity index (χ3v) is 5.69. The molecule has 1 aromatic heterocycles. The third kappa shape index (κ3) is 6.44. The van der Waals surface area contributed by atoms with Gasteiger partial charge in [-0.15, -0.1) is 6.58 Å². The summed E-state index contributed by atoms with van der Waals surface area (Å²) in [5.41, 5.74) is 0.134. The standard InChI is InChI=1S/C17H26BN3O4PS/c1-4-5-6-14-9-13(7-8-24-27-26-18)10-15(14)25-17-16(21(22)23)11(2)19-12(3)20-17/h4,13-15,18,26H,1,5-10H2,2-3H3/t13-,14-,15+,26?/m0/s1/i18T,26D. The number of nitrogens with zero attached hydrogens (tertiary/aromatic N) is 3. The molecule has 0 amide bonds. The Kier molecular flexibility index (Phi) is 7.79. The Bertz CT molecular complexity index is 722. The van der Waals surface area contributed by atoms with E-state index < -0.39 is 12.5 Å². The van der Waals surface area contributed by atoms with E-state index in [1.54, 1.807) is 13.8 Å². The van der Waals surface area contributed by atoms with Crippen molar-refractivity contribution in [1.29, 1.82) is 2.61 Å². The average molecular weight is 413 g/mol. The molecule has 1 aromatic rings. The lowest BCUT2D eigenvalue weighted by Crippen LogP contribution is -2.23. The molecule has 1 aliphatic carbocycles. The molecule has 0 spiro atoms. The first-order valence-corrected chi connectivity index (χ1v) is 11.2. The maximum atomic E-state index is 11.5. The molecule has 0 aromatic carbocycles. The molecule has 1 unspecified atom stereocenters. The average Bonchev–Trinajstić information content (AvgIpc) is 3.03. The van der Waals surface area contributed by atoms with Crippen molar-refractivity contribution in [3.05, 3.63) is 34.3 Å². The summed E-state index contributed by atoms with van der Waals surface area (Å²) in [5, 5.41) is 11.5. The van der Waals surface area contributed by atoms with E-state index in [1.807, 2.05) is 6.08 Å². The highest BCUT2D eigenvalue weighted by Crippen LogP contribution is 2.40. The molecule has 147 valence electrons. The molecular formula is C17H26BN3O4PS. The second kappa shape index (κ2) is 11.0. The van der Waals surface area contributed by atoms with Crippen LogP contribution in [0.2, 0.25) is 0 Å². The van der Waals surface area contributed by atoms with Gasteiger partial charge in [0.15, 0.2) is 0 Å². The molecule has 4 atom stereocenters. The van der Waals surface area contributed by atoms with Gasteiger partial charge in [-0.1, -0.05) is 13.7 Å². The topological polar surface area (TPSA) is 87.4 Å². The van der Waals surface area contributed by atoms with Crippen LogP contribution in [0.5, 0.6) is 5.88 Å². The lowest BCUT2D eigenvalue weighted by atomic mass is 9.97. The second-order valence-corrected chi connectivity index (χ2v) is 8.35. The number of ether oxygens (including phenoxy) is 1. The maximum absolute atomic E-state index is 11.5. The normalized spacial score (nSPS) is 24.0. The second-order valence-electron chi connectivity index (χ2n) is 6.68. The Labute approximate surface area is 170 Å². The smallest absolute Gasteiger partial charge is 0.351 e. The highest BCUT2D eigenvalue weighted by molar-refractivity contribution is 8.53. The molecule has 1 saturated carbocycles. The summed E-state index contributed by atoms with van der Waals surface area (Å²) in [6.45, 7) is 7.58. The van der Waals surface area contributed by atoms with Gasteiger partial charge in [0.1, 0.15) is 25.2 Å². The molecule has 0 bridgehead atoms. The highest BCUT2D eigenvalue weighted by atomic mass is 32.7. The van der Waals surface area contributed by atoms with E-state index in [9.17, 15) is 10.1 Å². The fourth-order valence-electron chi connectivity index (χ4n) is 3.61. The zero-order chi connectivity index (χ0) is 21.4. The quantitative estimate of drug-likeness (QED) is 0.0965. The van der Waals surface area contributed by atoms with Gasteiger partial charge in [-0.2, -0.15) is 4.98 Å². The molecule has 1 radical (unpaired) electrons. The molecule has 0 aliphatic heterocycles. The van der Waals surface area contributed by atoms with Crippen molar-refractivity contribution in [2.45, 2.75) is 52.1 Å². The third-order valence-electron chi connectivity index (χ3n) is 4.76. The summed E-state index contributed by atoms with van der Waals surface area (Å²) < 4.78 is 26.1. The van der Waals surface area contributed by atoms with Crippen molar-refractivity contribution in [3.8, 4) is 5.88 Å². The minimum Gasteiger partial charge on any atom is -0.469 e. The molecule has 1 aliphatic rings. The van der Waals surface area contributed by atoms with Crippen LogP contribution >= 0.6 is 19.3 Å². The SMILES string of the molecule is [2H]P([B][3H])SOCC[C@H]1C[C@H](CCC=C)[C@H](Oc2nc(C)nc(C)c2[N+](=O)[O-])C1. The molecule has 0 N–H and O–H groups in total. The van der Waals surface area contributed by atoms with Crippen molar-refractivity contribution < 1.29 is 13.8 Å². The lowest BCUT2D eigenvalue weighted by molar-refractivity contribution is -0.387. The Balaban J connectivity index is 2.05. The minimum atomic E-state index is -1.31. The minimum absolute atomic E-state index is 0.0480. The summed E-state index contributed by atoms with van der Waals surface area (Å²) in [4.78, 5) is 19.3. The van der Waals surface area contributed by atoms with Gasteiger partial charge in [0.05, 0.1) is 12.8 Å². The van der Waals surface area contributed by atoms with Gasteiger partial charge >= 0.3 is 5.69 Å². The van der Waals surface area contributed by atoms with Crippen LogP contribution in [-0.4, -0.2) is 37.7 Å². The summed E-state index contributed by atoms with van der Waals surface area (Å²) in [5.74, 6) is 1.13. The Hall–Kier alpha value is -1.18. The van der Waals surface area contributed by atoms with Gasteiger partial charge in [-0.25, -0.2) is 4.98 Å². The summed E-state index contributed by atoms with van der Waals surface area (Å²) in [7, 11) is -0.219. The monoisotopic (exact) mass is 413 g/mol. The van der Waals surface area contributed by atoms with E-state index in [2.05, 4.69) is 16.5 Å². The van der Waals surface area contributed by atoms with Crippen molar-refractivity contribution >= 4 is 32.5 Å². The van der Waals surface area contributed by atoms with Gasteiger partial charge in [0, 0.05) is 11.7 Å². The van der Waals surface area contributed by atoms with Crippen LogP contribution in [0.4, 0.5) is 5.69 Å². The number of aryl methyl sites for hydroxylation is 2. The van der Waals surface area contributed by atoms with E-state index in [4.69, 9.17) is 11.5 Å². The van der Waals surface area contributed by atoms with Crippen molar-refractivity contribution in [3.63, 3.8) is 0 Å². The zero-order valence-electron chi connectivity index (χ0n) is 17.7. The number of allylic oxidation sites excluding steroid dienone is 1. The van der Waals surface area contributed by atoms with E-state index in [1.165, 1.54) is 0 Å². The summed E-state index contributed by atoms with van der Waals surface area (Å²) >= 11 is 1.04. The van der Waals surface area contributed by atoms with E-state index in [0.717, 1.165) is 51.3 Å². The predicted octanol–water partition coefficient (Wildman–Crippen LogP) is 4.21. The first kappa shape index (κ1) is 19.2. The Morgan fingerprint density at radius 1 is 1.56 bits per heavy atom. The van der Waals surface area contributed by atoms with Gasteiger partial charge in [-0.05, 0) is 59.1 Å². The lowest BCUT2D eigenvalue weighted by Gasteiger charge is -2.20. The molecule has 2 rings (SSSR count). The largest absolute Gasteiger partial charge is 0.469 e. The number of rotatable bonds is 12. The van der Waals surface area contributed by atoms with Crippen LogP contribution < -0.4 is 4.74 Å². The predicted molar refractivity (Wildman–Crippen MR) is 112 cm³/mol. The maximum Gasteiger partial charge on any atom is 0.351 e. The number of hydrogen-bond donors (Lipinski definition) is 0. The molecule has 10 heteroatoms. The van der Waals surface area contributed by atoms with Crippen LogP contribution in [0.25, 0.3) is 0 Å². The van der Waals surface area contributed by atoms with Crippen molar-refractivity contribution in [2.75, 3.05) is 6.61 Å². The molecule has 27 heavy (non-hydrogen) atoms. The number of aromatic nitrogens is 2. The fraction of sp³-hybridized carbons (Fsp3) is 0.647. The molecule has 0 saturated heterocycles. The van der Waals surface area contributed by atoms with Gasteiger partial charge < -0.3 is 8.92 Å². The van der Waals surface area contributed by atoms with Gasteiger partial charge in [0.2, 0.25) is 0 Å². The summed E-state index contributed by atoms with van der Waals surface area (Å²) in [6.07, 6.45) is 6.02. The van der Waals surface area contributed by atoms with Crippen LogP contribution in [0.1, 0.15) is 43.6 Å². The fourth-order valence-corrected chi connectivity index (χ4v) is 4.24. The Morgan fingerprint density at radius 3 is 3.07 bits per heavy atom. The van der Waals surface area contributed by atoms with Crippen LogP contribution in [0.3, 0.4) is 0 Å². The van der Waals surface area contributed by atoms with Crippen LogP contribution in [-0.2, 0) is 4.18 Å². The highest BCUT2D eigenvalue weighted by Gasteiger charge is 2.37. The van der Waals surface area contributed by atoms with Crippen LogP contribution in [0.15, 0.2) is 12.7 Å². The molecule has 1 heterocycles. The van der Waals surface area contributed by atoms with E-state index >= 15 is 0 Å². The van der Waals surface area contributed by atoms with Crippen molar-refractivity contribution in [2.24, 2.45) is 11.8 Å². The van der Waals surface area contributed by atoms with Crippen LogP contribution in [0, 0.1) is 35.8 Å². The van der Waals surface area contributed by atoms with E-state index in [0.29, 0.717) is 24.0 Å². The zero-order valence-corrected chi connectivity index (χ0v) is 17.4. The van der Waals surface area contributed by atoms with Gasteiger partial charge in [0.25, 0.3) is 5.88 Å². The first-order valence-electron chi connectivity index (χ1n) is 9.94. The number of hydrogen-bond acceptors (Lipinski definition) is 7. The van der Waals surface area contributed by atoms with E-state index in [-0.39, 0.29) is 23.6 Å². The first-order chi connectivity index (χ1) is 13.8. The number of nitro groups is 1. The molecular weight excluding hydrogens is 384 g/mol.